The molecular formula is C21H25N3O4S. The van der Waals surface area contributed by atoms with Gasteiger partial charge < -0.3 is 9.80 Å². The summed E-state index contributed by atoms with van der Waals surface area (Å²) < 4.78 is 28.0. The molecule has 29 heavy (non-hydrogen) atoms. The maximum atomic E-state index is 13.4. The van der Waals surface area contributed by atoms with Crippen molar-refractivity contribution in [1.29, 1.82) is 0 Å². The Morgan fingerprint density at radius 3 is 2.21 bits per heavy atom. The molecule has 154 valence electrons. The first kappa shape index (κ1) is 20.9. The molecular weight excluding hydrogens is 390 g/mol. The third-order valence-corrected chi connectivity index (χ3v) is 6.86. The summed E-state index contributed by atoms with van der Waals surface area (Å²) >= 11 is 0. The van der Waals surface area contributed by atoms with Crippen LogP contribution < -0.4 is 4.31 Å². The number of sulfonamides is 1. The predicted molar refractivity (Wildman–Crippen MR) is 111 cm³/mol. The second-order valence-corrected chi connectivity index (χ2v) is 9.00. The number of nitrogens with zero attached hydrogens (tertiary/aromatic N) is 3. The van der Waals surface area contributed by atoms with Gasteiger partial charge in [0.2, 0.25) is 12.3 Å². The molecule has 2 amide bonds. The summed E-state index contributed by atoms with van der Waals surface area (Å²) in [4.78, 5) is 27.2. The molecule has 1 aliphatic rings. The first-order chi connectivity index (χ1) is 13.8. The Morgan fingerprint density at radius 2 is 1.62 bits per heavy atom. The molecule has 0 saturated carbocycles. The molecule has 7 nitrogen and oxygen atoms in total. The van der Waals surface area contributed by atoms with Gasteiger partial charge in [0.1, 0.15) is 6.54 Å². The molecule has 0 N–H and O–H groups in total. The molecule has 3 rings (SSSR count). The van der Waals surface area contributed by atoms with Crippen LogP contribution in [-0.2, 0) is 19.6 Å². The fourth-order valence-corrected chi connectivity index (χ4v) is 4.76. The molecule has 0 aromatic heterocycles. The maximum absolute atomic E-state index is 13.4. The zero-order valence-electron chi connectivity index (χ0n) is 16.6. The highest BCUT2D eigenvalue weighted by Crippen LogP contribution is 2.27. The number of carbonyl (C=O) groups is 2. The number of rotatable bonds is 6. The highest BCUT2D eigenvalue weighted by molar-refractivity contribution is 7.92. The van der Waals surface area contributed by atoms with E-state index in [0.717, 1.165) is 17.5 Å². The van der Waals surface area contributed by atoms with Crippen LogP contribution in [0.15, 0.2) is 53.4 Å². The van der Waals surface area contributed by atoms with Crippen molar-refractivity contribution in [2.75, 3.05) is 37.0 Å². The first-order valence-corrected chi connectivity index (χ1v) is 10.9. The van der Waals surface area contributed by atoms with E-state index in [1.807, 2.05) is 26.0 Å². The van der Waals surface area contributed by atoms with E-state index >= 15 is 0 Å². The lowest BCUT2D eigenvalue weighted by Gasteiger charge is -2.34. The molecule has 0 atom stereocenters. The van der Waals surface area contributed by atoms with Crippen molar-refractivity contribution in [3.05, 3.63) is 59.7 Å². The topological polar surface area (TPSA) is 78.0 Å². The SMILES string of the molecule is Cc1ccc(S(=O)(=O)N(CC(=O)N2CCN(C=O)CC2)c2ccccc2C)cc1. The Bertz CT molecular complexity index is 981. The van der Waals surface area contributed by atoms with E-state index in [2.05, 4.69) is 0 Å². The summed E-state index contributed by atoms with van der Waals surface area (Å²) in [6, 6.07) is 13.7. The van der Waals surface area contributed by atoms with Crippen LogP contribution in [0, 0.1) is 13.8 Å². The summed E-state index contributed by atoms with van der Waals surface area (Å²) in [6.45, 7) is 5.10. The molecule has 0 radical (unpaired) electrons. The van der Waals surface area contributed by atoms with Gasteiger partial charge in [-0.15, -0.1) is 0 Å². The smallest absolute Gasteiger partial charge is 0.264 e. The van der Waals surface area contributed by atoms with E-state index in [4.69, 9.17) is 0 Å². The van der Waals surface area contributed by atoms with Crippen LogP contribution in [0.1, 0.15) is 11.1 Å². The fourth-order valence-electron chi connectivity index (χ4n) is 3.28. The van der Waals surface area contributed by atoms with Gasteiger partial charge >= 0.3 is 0 Å². The third-order valence-electron chi connectivity index (χ3n) is 5.09. The van der Waals surface area contributed by atoms with Gasteiger partial charge in [-0.3, -0.25) is 13.9 Å². The molecule has 0 spiro atoms. The standard InChI is InChI=1S/C21H25N3O4S/c1-17-7-9-19(10-8-17)29(27,28)24(20-6-4-3-5-18(20)2)15-21(26)23-13-11-22(16-25)12-14-23/h3-10,16H,11-15H2,1-2H3. The van der Waals surface area contributed by atoms with Crippen molar-refractivity contribution in [2.45, 2.75) is 18.7 Å². The molecule has 0 unspecified atom stereocenters. The average Bonchev–Trinajstić information content (AvgIpc) is 2.73. The summed E-state index contributed by atoms with van der Waals surface area (Å²) in [5.41, 5.74) is 2.20. The Kier molecular flexibility index (Phi) is 6.22. The highest BCUT2D eigenvalue weighted by atomic mass is 32.2. The average molecular weight is 416 g/mol. The monoisotopic (exact) mass is 415 g/mol. The van der Waals surface area contributed by atoms with Gasteiger partial charge in [-0.2, -0.15) is 0 Å². The number of benzene rings is 2. The zero-order valence-corrected chi connectivity index (χ0v) is 17.4. The van der Waals surface area contributed by atoms with Crippen LogP contribution in [0.4, 0.5) is 5.69 Å². The minimum absolute atomic E-state index is 0.143. The molecule has 0 aliphatic carbocycles. The largest absolute Gasteiger partial charge is 0.342 e. The zero-order chi connectivity index (χ0) is 21.0. The fraction of sp³-hybridized carbons (Fsp3) is 0.333. The number of aryl methyl sites for hydroxylation is 2. The molecule has 1 heterocycles. The van der Waals surface area contributed by atoms with Gasteiger partial charge in [0.25, 0.3) is 10.0 Å². The number of hydrogen-bond donors (Lipinski definition) is 0. The Balaban J connectivity index is 1.92. The van der Waals surface area contributed by atoms with Crippen molar-refractivity contribution in [3.63, 3.8) is 0 Å². The van der Waals surface area contributed by atoms with E-state index in [9.17, 15) is 18.0 Å². The second-order valence-electron chi connectivity index (χ2n) is 7.13. The highest BCUT2D eigenvalue weighted by Gasteiger charge is 2.30. The Labute approximate surface area is 171 Å². The number of anilines is 1. The quantitative estimate of drug-likeness (QED) is 0.674. The van der Waals surface area contributed by atoms with Gasteiger partial charge in [-0.25, -0.2) is 8.42 Å². The summed E-state index contributed by atoms with van der Waals surface area (Å²) in [5.74, 6) is -0.283. The molecule has 2 aromatic carbocycles. The van der Waals surface area contributed by atoms with Crippen molar-refractivity contribution < 1.29 is 18.0 Å². The number of hydrogen-bond acceptors (Lipinski definition) is 4. The van der Waals surface area contributed by atoms with Crippen molar-refractivity contribution in [2.24, 2.45) is 0 Å². The van der Waals surface area contributed by atoms with Gasteiger partial charge in [0.05, 0.1) is 10.6 Å². The normalized spacial score (nSPS) is 14.6. The van der Waals surface area contributed by atoms with E-state index in [-0.39, 0.29) is 17.3 Å². The van der Waals surface area contributed by atoms with Crippen LogP contribution in [0.5, 0.6) is 0 Å². The summed E-state index contributed by atoms with van der Waals surface area (Å²) in [5, 5.41) is 0. The number of carbonyl (C=O) groups excluding carboxylic acids is 2. The van der Waals surface area contributed by atoms with Gasteiger partial charge in [-0.05, 0) is 37.6 Å². The van der Waals surface area contributed by atoms with Crippen LogP contribution in [-0.4, -0.2) is 63.3 Å². The van der Waals surface area contributed by atoms with Crippen LogP contribution in [0.25, 0.3) is 0 Å². The van der Waals surface area contributed by atoms with Gasteiger partial charge in [0.15, 0.2) is 0 Å². The number of amides is 2. The molecule has 1 aliphatic heterocycles. The molecule has 0 bridgehead atoms. The van der Waals surface area contributed by atoms with E-state index in [1.165, 1.54) is 4.31 Å². The summed E-state index contributed by atoms with van der Waals surface area (Å²) in [7, 11) is -3.92. The predicted octanol–water partition coefficient (Wildman–Crippen LogP) is 1.80. The van der Waals surface area contributed by atoms with Crippen molar-refractivity contribution in [1.82, 2.24) is 9.80 Å². The number of piperazine rings is 1. The second kappa shape index (κ2) is 8.65. The molecule has 2 aromatic rings. The van der Waals surface area contributed by atoms with E-state index in [0.29, 0.717) is 31.9 Å². The number of para-hydroxylation sites is 1. The van der Waals surface area contributed by atoms with Crippen molar-refractivity contribution in [3.8, 4) is 0 Å². The minimum atomic E-state index is -3.92. The molecule has 1 saturated heterocycles. The third kappa shape index (κ3) is 4.59. The van der Waals surface area contributed by atoms with Crippen LogP contribution >= 0.6 is 0 Å². The minimum Gasteiger partial charge on any atom is -0.342 e. The van der Waals surface area contributed by atoms with E-state index < -0.39 is 10.0 Å². The Morgan fingerprint density at radius 1 is 1.00 bits per heavy atom. The van der Waals surface area contributed by atoms with Crippen LogP contribution in [0.2, 0.25) is 0 Å². The van der Waals surface area contributed by atoms with E-state index in [1.54, 1.807) is 46.2 Å². The molecule has 8 heteroatoms. The van der Waals surface area contributed by atoms with Gasteiger partial charge in [0, 0.05) is 26.2 Å². The van der Waals surface area contributed by atoms with Crippen LogP contribution in [0.3, 0.4) is 0 Å². The first-order valence-electron chi connectivity index (χ1n) is 9.45. The van der Waals surface area contributed by atoms with Crippen molar-refractivity contribution >= 4 is 28.0 Å². The van der Waals surface area contributed by atoms with Gasteiger partial charge in [-0.1, -0.05) is 35.9 Å². The summed E-state index contributed by atoms with van der Waals surface area (Å²) in [6.07, 6.45) is 0.767. The lowest BCUT2D eigenvalue weighted by Crippen LogP contribution is -2.51. The lowest BCUT2D eigenvalue weighted by atomic mass is 10.2. The maximum Gasteiger partial charge on any atom is 0.264 e. The molecule has 1 fully saturated rings. The Hall–Kier alpha value is -2.87. The lowest BCUT2D eigenvalue weighted by molar-refractivity contribution is -0.133.